The number of likely N-dealkylation sites (tertiary alicyclic amines) is 1. The SMILES string of the molecule is O=C(CN1CCC[C@H](c2noc(C3CC3)n2)C1)NCc1ccccc1. The molecule has 4 rings (SSSR count). The number of amides is 1. The Balaban J connectivity index is 1.27. The van der Waals surface area contributed by atoms with Crippen LogP contribution in [-0.2, 0) is 11.3 Å². The van der Waals surface area contributed by atoms with Gasteiger partial charge in [-0.05, 0) is 37.8 Å². The second-order valence-corrected chi connectivity index (χ2v) is 7.10. The topological polar surface area (TPSA) is 71.3 Å². The molecular formula is C19H24N4O2. The van der Waals surface area contributed by atoms with Crippen LogP contribution in [-0.4, -0.2) is 40.6 Å². The summed E-state index contributed by atoms with van der Waals surface area (Å²) in [6.45, 7) is 2.77. The number of rotatable bonds is 6. The molecule has 1 N–H and O–H groups in total. The predicted octanol–water partition coefficient (Wildman–Crippen LogP) is 2.44. The Labute approximate surface area is 147 Å². The van der Waals surface area contributed by atoms with Crippen molar-refractivity contribution < 1.29 is 9.32 Å². The van der Waals surface area contributed by atoms with Crippen molar-refractivity contribution in [1.82, 2.24) is 20.4 Å². The molecule has 1 aromatic carbocycles. The maximum absolute atomic E-state index is 12.2. The average Bonchev–Trinajstić information content (AvgIpc) is 3.38. The molecule has 1 saturated heterocycles. The van der Waals surface area contributed by atoms with Crippen molar-refractivity contribution in [2.75, 3.05) is 19.6 Å². The Morgan fingerprint density at radius 2 is 2.04 bits per heavy atom. The first kappa shape index (κ1) is 16.3. The normalized spacial score (nSPS) is 21.2. The van der Waals surface area contributed by atoms with E-state index in [-0.39, 0.29) is 11.8 Å². The predicted molar refractivity (Wildman–Crippen MR) is 93.0 cm³/mol. The zero-order chi connectivity index (χ0) is 17.1. The maximum Gasteiger partial charge on any atom is 0.234 e. The molecule has 1 aromatic heterocycles. The lowest BCUT2D eigenvalue weighted by Crippen LogP contribution is -2.42. The van der Waals surface area contributed by atoms with E-state index in [0.29, 0.717) is 19.0 Å². The first-order valence-corrected chi connectivity index (χ1v) is 9.14. The van der Waals surface area contributed by atoms with E-state index < -0.39 is 0 Å². The van der Waals surface area contributed by atoms with Gasteiger partial charge in [-0.2, -0.15) is 4.98 Å². The Morgan fingerprint density at radius 3 is 2.84 bits per heavy atom. The van der Waals surface area contributed by atoms with Gasteiger partial charge < -0.3 is 9.84 Å². The first-order chi connectivity index (χ1) is 12.3. The molecule has 0 radical (unpaired) electrons. The molecule has 2 heterocycles. The van der Waals surface area contributed by atoms with Crippen molar-refractivity contribution in [3.05, 3.63) is 47.6 Å². The number of carbonyl (C=O) groups is 1. The monoisotopic (exact) mass is 340 g/mol. The summed E-state index contributed by atoms with van der Waals surface area (Å²) < 4.78 is 5.39. The number of hydrogen-bond donors (Lipinski definition) is 1. The van der Waals surface area contributed by atoms with E-state index in [1.165, 1.54) is 12.8 Å². The molecule has 0 bridgehead atoms. The van der Waals surface area contributed by atoms with E-state index in [1.54, 1.807) is 0 Å². The van der Waals surface area contributed by atoms with Gasteiger partial charge in [-0.3, -0.25) is 9.69 Å². The summed E-state index contributed by atoms with van der Waals surface area (Å²) in [5.74, 6) is 2.44. The Bertz CT molecular complexity index is 711. The minimum atomic E-state index is 0.0660. The summed E-state index contributed by atoms with van der Waals surface area (Å²) in [4.78, 5) is 19.0. The fraction of sp³-hybridized carbons (Fsp3) is 0.526. The van der Waals surface area contributed by atoms with Crippen LogP contribution in [0, 0.1) is 0 Å². The maximum atomic E-state index is 12.2. The van der Waals surface area contributed by atoms with Crippen LogP contribution < -0.4 is 5.32 Å². The Hall–Kier alpha value is -2.21. The highest BCUT2D eigenvalue weighted by Crippen LogP contribution is 2.39. The van der Waals surface area contributed by atoms with Crippen LogP contribution in [0.3, 0.4) is 0 Å². The molecule has 1 aliphatic heterocycles. The van der Waals surface area contributed by atoms with E-state index in [0.717, 1.165) is 43.2 Å². The summed E-state index contributed by atoms with van der Waals surface area (Å²) in [5.41, 5.74) is 1.12. The minimum Gasteiger partial charge on any atom is -0.351 e. The van der Waals surface area contributed by atoms with Crippen molar-refractivity contribution in [1.29, 1.82) is 0 Å². The third kappa shape index (κ3) is 4.25. The second-order valence-electron chi connectivity index (χ2n) is 7.10. The fourth-order valence-corrected chi connectivity index (χ4v) is 3.37. The third-order valence-electron chi connectivity index (χ3n) is 4.95. The summed E-state index contributed by atoms with van der Waals surface area (Å²) in [6.07, 6.45) is 4.45. The summed E-state index contributed by atoms with van der Waals surface area (Å²) in [7, 11) is 0. The lowest BCUT2D eigenvalue weighted by Gasteiger charge is -2.30. The van der Waals surface area contributed by atoms with Crippen LogP contribution in [0.25, 0.3) is 0 Å². The molecule has 2 aliphatic rings. The molecule has 6 nitrogen and oxygen atoms in total. The second kappa shape index (κ2) is 7.35. The highest BCUT2D eigenvalue weighted by Gasteiger charge is 2.32. The minimum absolute atomic E-state index is 0.0660. The number of piperidine rings is 1. The molecular weight excluding hydrogens is 316 g/mol. The van der Waals surface area contributed by atoms with E-state index in [2.05, 4.69) is 20.4 Å². The van der Waals surface area contributed by atoms with Gasteiger partial charge in [0, 0.05) is 24.9 Å². The standard InChI is InChI=1S/C19H24N4O2/c24-17(20-11-14-5-2-1-3-6-14)13-23-10-4-7-16(12-23)18-21-19(25-22-18)15-8-9-15/h1-3,5-6,15-16H,4,7-13H2,(H,20,24)/t16-/m0/s1. The molecule has 132 valence electrons. The lowest BCUT2D eigenvalue weighted by atomic mass is 9.97. The fourth-order valence-electron chi connectivity index (χ4n) is 3.37. The first-order valence-electron chi connectivity index (χ1n) is 9.14. The van der Waals surface area contributed by atoms with Crippen LogP contribution >= 0.6 is 0 Å². The van der Waals surface area contributed by atoms with Crippen LogP contribution in [0.15, 0.2) is 34.9 Å². The van der Waals surface area contributed by atoms with E-state index in [4.69, 9.17) is 4.52 Å². The zero-order valence-corrected chi connectivity index (χ0v) is 14.4. The molecule has 1 aliphatic carbocycles. The largest absolute Gasteiger partial charge is 0.351 e. The molecule has 0 unspecified atom stereocenters. The van der Waals surface area contributed by atoms with Crippen molar-refractivity contribution in [2.45, 2.75) is 44.1 Å². The molecule has 2 aromatic rings. The van der Waals surface area contributed by atoms with Gasteiger partial charge >= 0.3 is 0 Å². The highest BCUT2D eigenvalue weighted by atomic mass is 16.5. The Morgan fingerprint density at radius 1 is 1.20 bits per heavy atom. The van der Waals surface area contributed by atoms with Crippen LogP contribution in [0.2, 0.25) is 0 Å². The van der Waals surface area contributed by atoms with E-state index in [1.807, 2.05) is 30.3 Å². The van der Waals surface area contributed by atoms with Gasteiger partial charge in [0.25, 0.3) is 0 Å². The van der Waals surface area contributed by atoms with E-state index in [9.17, 15) is 4.79 Å². The van der Waals surface area contributed by atoms with Crippen molar-refractivity contribution in [2.24, 2.45) is 0 Å². The van der Waals surface area contributed by atoms with E-state index >= 15 is 0 Å². The van der Waals surface area contributed by atoms with Gasteiger partial charge in [0.05, 0.1) is 6.54 Å². The Kier molecular flexibility index (Phi) is 4.78. The summed E-state index contributed by atoms with van der Waals surface area (Å²) in [6, 6.07) is 9.98. The number of benzene rings is 1. The van der Waals surface area contributed by atoms with Crippen LogP contribution in [0.1, 0.15) is 54.8 Å². The quantitative estimate of drug-likeness (QED) is 0.874. The van der Waals surface area contributed by atoms with Crippen LogP contribution in [0.5, 0.6) is 0 Å². The molecule has 1 atom stereocenters. The molecule has 6 heteroatoms. The summed E-state index contributed by atoms with van der Waals surface area (Å²) in [5, 5.41) is 7.18. The van der Waals surface area contributed by atoms with Gasteiger partial charge in [-0.25, -0.2) is 0 Å². The third-order valence-corrected chi connectivity index (χ3v) is 4.95. The van der Waals surface area contributed by atoms with Gasteiger partial charge in [0.1, 0.15) is 0 Å². The van der Waals surface area contributed by atoms with Gasteiger partial charge in [0.15, 0.2) is 5.82 Å². The van der Waals surface area contributed by atoms with Crippen molar-refractivity contribution >= 4 is 5.91 Å². The average molecular weight is 340 g/mol. The number of nitrogens with one attached hydrogen (secondary N) is 1. The molecule has 2 fully saturated rings. The molecule has 1 saturated carbocycles. The number of carbonyl (C=O) groups excluding carboxylic acids is 1. The highest BCUT2D eigenvalue weighted by molar-refractivity contribution is 5.78. The smallest absolute Gasteiger partial charge is 0.234 e. The van der Waals surface area contributed by atoms with Crippen molar-refractivity contribution in [3.8, 4) is 0 Å². The lowest BCUT2D eigenvalue weighted by molar-refractivity contribution is -0.122. The zero-order valence-electron chi connectivity index (χ0n) is 14.4. The van der Waals surface area contributed by atoms with Gasteiger partial charge in [0.2, 0.25) is 11.8 Å². The number of aromatic nitrogens is 2. The molecule has 0 spiro atoms. The van der Waals surface area contributed by atoms with Crippen LogP contribution in [0.4, 0.5) is 0 Å². The van der Waals surface area contributed by atoms with Crippen molar-refractivity contribution in [3.63, 3.8) is 0 Å². The number of hydrogen-bond acceptors (Lipinski definition) is 5. The number of nitrogens with zero attached hydrogens (tertiary/aromatic N) is 3. The van der Waals surface area contributed by atoms with Gasteiger partial charge in [-0.1, -0.05) is 35.5 Å². The summed E-state index contributed by atoms with van der Waals surface area (Å²) >= 11 is 0. The molecule has 1 amide bonds. The molecule has 25 heavy (non-hydrogen) atoms. The van der Waals surface area contributed by atoms with Gasteiger partial charge in [-0.15, -0.1) is 0 Å².